The molecule has 0 unspecified atom stereocenters. The van der Waals surface area contributed by atoms with Gasteiger partial charge < -0.3 is 15.1 Å². The van der Waals surface area contributed by atoms with Crippen molar-refractivity contribution < 1.29 is 14.0 Å². The van der Waals surface area contributed by atoms with Crippen molar-refractivity contribution in [2.75, 3.05) is 36.1 Å². The van der Waals surface area contributed by atoms with Crippen LogP contribution in [0.4, 0.5) is 20.6 Å². The number of hydrogen-bond acceptors (Lipinski definition) is 4. The Labute approximate surface area is 158 Å². The van der Waals surface area contributed by atoms with Crippen LogP contribution in [-0.2, 0) is 4.79 Å². The van der Waals surface area contributed by atoms with Gasteiger partial charge in [-0.15, -0.1) is 0 Å². The molecule has 2 aliphatic rings. The molecule has 0 spiro atoms. The predicted molar refractivity (Wildman–Crippen MR) is 104 cm³/mol. The third-order valence-corrected chi connectivity index (χ3v) is 6.08. The molecule has 1 aliphatic carbocycles. The summed E-state index contributed by atoms with van der Waals surface area (Å²) in [6.45, 7) is 1.09. The third-order valence-electron chi connectivity index (χ3n) is 5.19. The molecular weight excluding hydrogens is 353 g/mol. The van der Waals surface area contributed by atoms with Gasteiger partial charge in [0.1, 0.15) is 5.82 Å². The quantitative estimate of drug-likeness (QED) is 0.809. The molecule has 1 N–H and O–H groups in total. The number of rotatable bonds is 6. The van der Waals surface area contributed by atoms with Crippen molar-refractivity contribution in [1.82, 2.24) is 4.90 Å². The largest absolute Gasteiger partial charge is 0.369 e. The second kappa shape index (κ2) is 8.75. The number of amides is 2. The first-order chi connectivity index (χ1) is 12.5. The minimum absolute atomic E-state index is 0.0268. The van der Waals surface area contributed by atoms with Gasteiger partial charge in [-0.1, -0.05) is 31.0 Å². The van der Waals surface area contributed by atoms with Crippen LogP contribution in [-0.4, -0.2) is 48.0 Å². The number of benzene rings is 1. The topological polar surface area (TPSA) is 52.7 Å². The van der Waals surface area contributed by atoms with Gasteiger partial charge in [0.05, 0.1) is 5.69 Å². The number of carbonyl (C=O) groups is 2. The van der Waals surface area contributed by atoms with Crippen molar-refractivity contribution >= 4 is 34.3 Å². The Bertz CT molecular complexity index is 664. The average Bonchev–Trinajstić information content (AvgIpc) is 3.05. The molecular formula is C19H26FN3O2S. The molecule has 1 saturated heterocycles. The highest BCUT2D eigenvalue weighted by atomic mass is 32.2. The summed E-state index contributed by atoms with van der Waals surface area (Å²) in [7, 11) is 1.94. The van der Waals surface area contributed by atoms with E-state index in [1.54, 1.807) is 17.0 Å². The van der Waals surface area contributed by atoms with E-state index in [0.29, 0.717) is 30.5 Å². The Balaban J connectivity index is 1.54. The van der Waals surface area contributed by atoms with Crippen molar-refractivity contribution in [2.24, 2.45) is 0 Å². The molecule has 142 valence electrons. The molecule has 1 heterocycles. The standard InChI is InChI=1S/C19H26FN3O2S/c1-22(15-5-3-2-4-6-15)17-8-7-14(13-16(17)20)21-18(24)9-10-23-11-12-26-19(23)25/h7-8,13,15H,2-6,9-12H2,1H3,(H,21,24). The highest BCUT2D eigenvalue weighted by Gasteiger charge is 2.22. The minimum atomic E-state index is -0.318. The van der Waals surface area contributed by atoms with Crippen LogP contribution in [0.5, 0.6) is 0 Å². The minimum Gasteiger partial charge on any atom is -0.369 e. The van der Waals surface area contributed by atoms with Crippen LogP contribution in [0.1, 0.15) is 38.5 Å². The van der Waals surface area contributed by atoms with Crippen molar-refractivity contribution in [3.05, 3.63) is 24.0 Å². The van der Waals surface area contributed by atoms with Crippen LogP contribution < -0.4 is 10.2 Å². The highest BCUT2D eigenvalue weighted by molar-refractivity contribution is 8.13. The molecule has 0 atom stereocenters. The summed E-state index contributed by atoms with van der Waals surface area (Å²) in [5, 5.41) is 2.75. The third kappa shape index (κ3) is 4.69. The lowest BCUT2D eigenvalue weighted by Crippen LogP contribution is -2.33. The van der Waals surface area contributed by atoms with E-state index in [4.69, 9.17) is 0 Å². The summed E-state index contributed by atoms with van der Waals surface area (Å²) in [5.41, 5.74) is 1.03. The monoisotopic (exact) mass is 379 g/mol. The van der Waals surface area contributed by atoms with Gasteiger partial charge in [-0.25, -0.2) is 4.39 Å². The van der Waals surface area contributed by atoms with Crippen LogP contribution in [0.15, 0.2) is 18.2 Å². The van der Waals surface area contributed by atoms with E-state index < -0.39 is 0 Å². The lowest BCUT2D eigenvalue weighted by atomic mass is 9.94. The fourth-order valence-corrected chi connectivity index (χ4v) is 4.48. The first kappa shape index (κ1) is 19.0. The Hall–Kier alpha value is -1.76. The second-order valence-electron chi connectivity index (χ2n) is 6.97. The maximum atomic E-state index is 14.5. The summed E-state index contributed by atoms with van der Waals surface area (Å²) in [5.74, 6) is 0.256. The SMILES string of the molecule is CN(c1ccc(NC(=O)CCN2CCSC2=O)cc1F)C1CCCCC1. The van der Waals surface area contributed by atoms with Crippen LogP contribution in [0.3, 0.4) is 0 Å². The van der Waals surface area contributed by atoms with Gasteiger partial charge in [0, 0.05) is 44.0 Å². The van der Waals surface area contributed by atoms with Crippen molar-refractivity contribution in [2.45, 2.75) is 44.6 Å². The zero-order valence-electron chi connectivity index (χ0n) is 15.2. The van der Waals surface area contributed by atoms with Crippen LogP contribution in [0.25, 0.3) is 0 Å². The van der Waals surface area contributed by atoms with Gasteiger partial charge in [-0.3, -0.25) is 9.59 Å². The van der Waals surface area contributed by atoms with Crippen LogP contribution >= 0.6 is 11.8 Å². The fourth-order valence-electron chi connectivity index (χ4n) is 3.62. The summed E-state index contributed by atoms with van der Waals surface area (Å²) in [6, 6.07) is 5.24. The molecule has 1 aliphatic heterocycles. The van der Waals surface area contributed by atoms with Crippen molar-refractivity contribution in [1.29, 1.82) is 0 Å². The molecule has 7 heteroatoms. The number of nitrogens with zero attached hydrogens (tertiary/aromatic N) is 2. The number of halogens is 1. The van der Waals surface area contributed by atoms with Gasteiger partial charge in [-0.2, -0.15) is 0 Å². The number of thioether (sulfide) groups is 1. The Kier molecular flexibility index (Phi) is 6.40. The molecule has 0 aromatic heterocycles. The zero-order valence-corrected chi connectivity index (χ0v) is 16.0. The lowest BCUT2D eigenvalue weighted by molar-refractivity contribution is -0.116. The molecule has 0 radical (unpaired) electrons. The molecule has 0 bridgehead atoms. The Morgan fingerprint density at radius 2 is 2.12 bits per heavy atom. The van der Waals surface area contributed by atoms with E-state index in [1.807, 2.05) is 11.9 Å². The number of anilines is 2. The maximum Gasteiger partial charge on any atom is 0.281 e. The number of nitrogens with one attached hydrogen (secondary N) is 1. The summed E-state index contributed by atoms with van der Waals surface area (Å²) in [6.07, 6.45) is 6.08. The number of carbonyl (C=O) groups excluding carboxylic acids is 2. The molecule has 3 rings (SSSR count). The number of hydrogen-bond donors (Lipinski definition) is 1. The van der Waals surface area contributed by atoms with Gasteiger partial charge >= 0.3 is 0 Å². The Morgan fingerprint density at radius 3 is 2.77 bits per heavy atom. The van der Waals surface area contributed by atoms with E-state index in [9.17, 15) is 14.0 Å². The summed E-state index contributed by atoms with van der Waals surface area (Å²) < 4.78 is 14.5. The van der Waals surface area contributed by atoms with E-state index in [-0.39, 0.29) is 23.4 Å². The summed E-state index contributed by atoms with van der Waals surface area (Å²) in [4.78, 5) is 27.3. The van der Waals surface area contributed by atoms with E-state index in [1.165, 1.54) is 37.1 Å². The first-order valence-electron chi connectivity index (χ1n) is 9.28. The molecule has 26 heavy (non-hydrogen) atoms. The summed E-state index contributed by atoms with van der Waals surface area (Å²) >= 11 is 1.28. The van der Waals surface area contributed by atoms with Gasteiger partial charge in [-0.05, 0) is 31.0 Å². The van der Waals surface area contributed by atoms with Crippen molar-refractivity contribution in [3.63, 3.8) is 0 Å². The van der Waals surface area contributed by atoms with E-state index >= 15 is 0 Å². The molecule has 5 nitrogen and oxygen atoms in total. The first-order valence-corrected chi connectivity index (χ1v) is 10.3. The van der Waals surface area contributed by atoms with E-state index in [0.717, 1.165) is 18.6 Å². The van der Waals surface area contributed by atoms with Crippen LogP contribution in [0, 0.1) is 5.82 Å². The predicted octanol–water partition coefficient (Wildman–Crippen LogP) is 4.09. The Morgan fingerprint density at radius 1 is 1.35 bits per heavy atom. The average molecular weight is 380 g/mol. The second-order valence-corrected chi connectivity index (χ2v) is 8.01. The fraction of sp³-hybridized carbons (Fsp3) is 0.579. The molecule has 1 aromatic carbocycles. The van der Waals surface area contributed by atoms with Gasteiger partial charge in [0.25, 0.3) is 5.24 Å². The molecule has 1 aromatic rings. The van der Waals surface area contributed by atoms with Gasteiger partial charge in [0.15, 0.2) is 0 Å². The van der Waals surface area contributed by atoms with Crippen LogP contribution in [0.2, 0.25) is 0 Å². The smallest absolute Gasteiger partial charge is 0.281 e. The van der Waals surface area contributed by atoms with E-state index in [2.05, 4.69) is 5.32 Å². The molecule has 1 saturated carbocycles. The highest BCUT2D eigenvalue weighted by Crippen LogP contribution is 2.29. The van der Waals surface area contributed by atoms with Gasteiger partial charge in [0.2, 0.25) is 5.91 Å². The molecule has 2 fully saturated rings. The normalized spacial score (nSPS) is 18.2. The zero-order chi connectivity index (χ0) is 18.5. The molecule has 2 amide bonds. The lowest BCUT2D eigenvalue weighted by Gasteiger charge is -2.33. The maximum absolute atomic E-state index is 14.5. The van der Waals surface area contributed by atoms with Crippen molar-refractivity contribution in [3.8, 4) is 0 Å².